The van der Waals surface area contributed by atoms with Crippen molar-refractivity contribution < 1.29 is 18.0 Å². The number of nitrogens with one attached hydrogen (secondary N) is 1. The third-order valence-corrected chi connectivity index (χ3v) is 7.17. The van der Waals surface area contributed by atoms with Crippen LogP contribution in [0, 0.1) is 12.8 Å². The summed E-state index contributed by atoms with van der Waals surface area (Å²) in [6, 6.07) is 14.2. The summed E-state index contributed by atoms with van der Waals surface area (Å²) in [5, 5.41) is 2.93. The number of hydrogen-bond acceptors (Lipinski definition) is 4. The molecule has 7 nitrogen and oxygen atoms in total. The molecule has 2 aromatic rings. The fourth-order valence-electron chi connectivity index (χ4n) is 3.99. The van der Waals surface area contributed by atoms with E-state index in [1.54, 1.807) is 12.1 Å². The van der Waals surface area contributed by atoms with Gasteiger partial charge in [-0.15, -0.1) is 0 Å². The topological polar surface area (TPSA) is 86.8 Å². The standard InChI is InChI=1S/C28H41N3O4S/c1-8-26(28(33)29-17-20(2)3)30(18-23-11-9-10-22(6)16-23)27(32)19-31(36(7,34)35)25-14-12-24(13-15-25)21(4)5/h9-16,20-21,26H,8,17-19H2,1-7H3,(H,29,33)/t26-/m0/s1. The summed E-state index contributed by atoms with van der Waals surface area (Å²) in [7, 11) is -3.75. The molecule has 0 unspecified atom stereocenters. The van der Waals surface area contributed by atoms with Gasteiger partial charge in [-0.05, 0) is 48.4 Å². The maximum absolute atomic E-state index is 13.7. The van der Waals surface area contributed by atoms with E-state index in [4.69, 9.17) is 0 Å². The van der Waals surface area contributed by atoms with Crippen LogP contribution in [0.1, 0.15) is 63.6 Å². The molecular weight excluding hydrogens is 474 g/mol. The smallest absolute Gasteiger partial charge is 0.244 e. The molecule has 198 valence electrons. The SMILES string of the molecule is CC[C@@H](C(=O)NCC(C)C)N(Cc1cccc(C)c1)C(=O)CN(c1ccc(C(C)C)cc1)S(C)(=O)=O. The molecule has 1 N–H and O–H groups in total. The number of carbonyl (C=O) groups is 2. The van der Waals surface area contributed by atoms with Gasteiger partial charge >= 0.3 is 0 Å². The van der Waals surface area contributed by atoms with E-state index < -0.39 is 22.0 Å². The number of benzene rings is 2. The molecule has 0 saturated heterocycles. The first-order chi connectivity index (χ1) is 16.8. The lowest BCUT2D eigenvalue weighted by Crippen LogP contribution is -2.52. The van der Waals surface area contributed by atoms with Crippen LogP contribution in [0.15, 0.2) is 48.5 Å². The average Bonchev–Trinajstić information content (AvgIpc) is 2.80. The number of aryl methyl sites for hydroxylation is 1. The number of anilines is 1. The first kappa shape index (κ1) is 29.4. The van der Waals surface area contributed by atoms with Gasteiger partial charge in [0, 0.05) is 13.1 Å². The Labute approximate surface area is 216 Å². The van der Waals surface area contributed by atoms with Crippen molar-refractivity contribution in [3.63, 3.8) is 0 Å². The molecule has 0 fully saturated rings. The molecular formula is C28H41N3O4S. The highest BCUT2D eigenvalue weighted by molar-refractivity contribution is 7.92. The Hall–Kier alpha value is -2.87. The fourth-order valence-corrected chi connectivity index (χ4v) is 4.84. The van der Waals surface area contributed by atoms with E-state index in [9.17, 15) is 18.0 Å². The van der Waals surface area contributed by atoms with E-state index in [1.165, 1.54) is 4.90 Å². The van der Waals surface area contributed by atoms with Crippen molar-refractivity contribution in [3.05, 3.63) is 65.2 Å². The molecule has 2 rings (SSSR count). The van der Waals surface area contributed by atoms with Gasteiger partial charge in [0.05, 0.1) is 11.9 Å². The van der Waals surface area contributed by atoms with Crippen LogP contribution < -0.4 is 9.62 Å². The first-order valence-electron chi connectivity index (χ1n) is 12.5. The van der Waals surface area contributed by atoms with Crippen LogP contribution in [0.5, 0.6) is 0 Å². The summed E-state index contributed by atoms with van der Waals surface area (Å²) in [6.07, 6.45) is 1.50. The van der Waals surface area contributed by atoms with E-state index in [0.717, 1.165) is 27.3 Å². The number of sulfonamides is 1. The van der Waals surface area contributed by atoms with Crippen molar-refractivity contribution in [2.75, 3.05) is 23.7 Å². The van der Waals surface area contributed by atoms with Gasteiger partial charge in [0.25, 0.3) is 0 Å². The Bertz CT molecular complexity index is 1130. The van der Waals surface area contributed by atoms with E-state index in [2.05, 4.69) is 19.2 Å². The van der Waals surface area contributed by atoms with Crippen LogP contribution in [-0.2, 0) is 26.2 Å². The number of nitrogens with zero attached hydrogens (tertiary/aromatic N) is 2. The second kappa shape index (κ2) is 12.9. The molecule has 0 heterocycles. The number of amides is 2. The predicted molar refractivity (Wildman–Crippen MR) is 146 cm³/mol. The second-order valence-electron chi connectivity index (χ2n) is 10.1. The maximum atomic E-state index is 13.7. The van der Waals surface area contributed by atoms with Gasteiger partial charge in [0.2, 0.25) is 21.8 Å². The molecule has 0 aromatic heterocycles. The highest BCUT2D eigenvalue weighted by Crippen LogP contribution is 2.23. The third kappa shape index (κ3) is 8.36. The molecule has 8 heteroatoms. The number of carbonyl (C=O) groups excluding carboxylic acids is 2. The summed E-state index contributed by atoms with van der Waals surface area (Å²) in [6.45, 7) is 12.3. The fraction of sp³-hybridized carbons (Fsp3) is 0.500. The molecule has 0 aliphatic heterocycles. The maximum Gasteiger partial charge on any atom is 0.244 e. The highest BCUT2D eigenvalue weighted by atomic mass is 32.2. The van der Waals surface area contributed by atoms with Gasteiger partial charge in [-0.1, -0.05) is 76.6 Å². The van der Waals surface area contributed by atoms with E-state index in [-0.39, 0.29) is 24.9 Å². The van der Waals surface area contributed by atoms with Crippen molar-refractivity contribution >= 4 is 27.5 Å². The quantitative estimate of drug-likeness (QED) is 0.452. The zero-order chi connectivity index (χ0) is 27.0. The molecule has 0 saturated carbocycles. The lowest BCUT2D eigenvalue weighted by molar-refractivity contribution is -0.140. The van der Waals surface area contributed by atoms with Crippen LogP contribution in [-0.4, -0.2) is 50.5 Å². The van der Waals surface area contributed by atoms with Gasteiger partial charge in [-0.2, -0.15) is 0 Å². The van der Waals surface area contributed by atoms with Gasteiger partial charge in [0.15, 0.2) is 0 Å². The Morgan fingerprint density at radius 3 is 2.14 bits per heavy atom. The molecule has 2 aromatic carbocycles. The van der Waals surface area contributed by atoms with Gasteiger partial charge in [-0.3, -0.25) is 13.9 Å². The summed E-state index contributed by atoms with van der Waals surface area (Å²) >= 11 is 0. The molecule has 1 atom stereocenters. The zero-order valence-corrected chi connectivity index (χ0v) is 23.4. The predicted octanol–water partition coefficient (Wildman–Crippen LogP) is 4.46. The Balaban J connectivity index is 2.42. The average molecular weight is 516 g/mol. The third-order valence-electron chi connectivity index (χ3n) is 6.03. The minimum Gasteiger partial charge on any atom is -0.354 e. The summed E-state index contributed by atoms with van der Waals surface area (Å²) in [5.41, 5.74) is 3.42. The molecule has 36 heavy (non-hydrogen) atoms. The molecule has 0 aliphatic carbocycles. The minimum absolute atomic E-state index is 0.206. The van der Waals surface area contributed by atoms with Crippen LogP contribution in [0.3, 0.4) is 0 Å². The monoisotopic (exact) mass is 515 g/mol. The molecule has 0 radical (unpaired) electrons. The molecule has 0 spiro atoms. The molecule has 0 aliphatic rings. The first-order valence-corrected chi connectivity index (χ1v) is 14.4. The van der Waals surface area contributed by atoms with Crippen molar-refractivity contribution in [3.8, 4) is 0 Å². The van der Waals surface area contributed by atoms with E-state index in [1.807, 2.05) is 64.1 Å². The normalized spacial score (nSPS) is 12.5. The van der Waals surface area contributed by atoms with E-state index in [0.29, 0.717) is 24.6 Å². The van der Waals surface area contributed by atoms with Crippen molar-refractivity contribution in [1.29, 1.82) is 0 Å². The number of hydrogen-bond donors (Lipinski definition) is 1. The summed E-state index contributed by atoms with van der Waals surface area (Å²) < 4.78 is 26.6. The zero-order valence-electron chi connectivity index (χ0n) is 22.6. The second-order valence-corrected chi connectivity index (χ2v) is 12.0. The molecule has 2 amide bonds. The highest BCUT2D eigenvalue weighted by Gasteiger charge is 2.31. The summed E-state index contributed by atoms with van der Waals surface area (Å²) in [5.74, 6) is -0.102. The lowest BCUT2D eigenvalue weighted by Gasteiger charge is -2.33. The van der Waals surface area contributed by atoms with Crippen molar-refractivity contribution in [2.24, 2.45) is 5.92 Å². The Morgan fingerprint density at radius 1 is 1.00 bits per heavy atom. The minimum atomic E-state index is -3.75. The van der Waals surface area contributed by atoms with Crippen molar-refractivity contribution in [2.45, 2.75) is 66.5 Å². The van der Waals surface area contributed by atoms with Gasteiger partial charge in [-0.25, -0.2) is 8.42 Å². The van der Waals surface area contributed by atoms with Crippen LogP contribution in [0.4, 0.5) is 5.69 Å². The van der Waals surface area contributed by atoms with Gasteiger partial charge < -0.3 is 10.2 Å². The summed E-state index contributed by atoms with van der Waals surface area (Å²) in [4.78, 5) is 28.3. The Kier molecular flexibility index (Phi) is 10.5. The largest absolute Gasteiger partial charge is 0.354 e. The molecule has 0 bridgehead atoms. The van der Waals surface area contributed by atoms with Crippen molar-refractivity contribution in [1.82, 2.24) is 10.2 Å². The van der Waals surface area contributed by atoms with Gasteiger partial charge in [0.1, 0.15) is 12.6 Å². The lowest BCUT2D eigenvalue weighted by atomic mass is 10.0. The Morgan fingerprint density at radius 2 is 1.64 bits per heavy atom. The number of rotatable bonds is 12. The van der Waals surface area contributed by atoms with Crippen LogP contribution in [0.2, 0.25) is 0 Å². The van der Waals surface area contributed by atoms with Crippen LogP contribution >= 0.6 is 0 Å². The van der Waals surface area contributed by atoms with E-state index >= 15 is 0 Å². The van der Waals surface area contributed by atoms with Crippen LogP contribution in [0.25, 0.3) is 0 Å².